The lowest BCUT2D eigenvalue weighted by molar-refractivity contribution is -0.0573. The highest BCUT2D eigenvalue weighted by molar-refractivity contribution is 5.25. The Morgan fingerprint density at radius 2 is 1.80 bits per heavy atom. The van der Waals surface area contributed by atoms with Gasteiger partial charge in [-0.05, 0) is 97.7 Å². The molecule has 4 aliphatic carbocycles. The smallest absolute Gasteiger partial charge is 0.0577 e. The van der Waals surface area contributed by atoms with Crippen LogP contribution in [0.5, 0.6) is 0 Å². The second-order valence-electron chi connectivity index (χ2n) is 12.7. The van der Waals surface area contributed by atoms with Crippen molar-refractivity contribution in [2.24, 2.45) is 46.3 Å². The quantitative estimate of drug-likeness (QED) is 0.416. The molecule has 3 fully saturated rings. The molecule has 9 atom stereocenters. The van der Waals surface area contributed by atoms with Crippen molar-refractivity contribution in [2.75, 3.05) is 0 Å². The average molecular weight is 415 g/mol. The van der Waals surface area contributed by atoms with Crippen molar-refractivity contribution in [1.29, 1.82) is 0 Å². The van der Waals surface area contributed by atoms with Crippen LogP contribution in [0.3, 0.4) is 0 Å². The van der Waals surface area contributed by atoms with Crippen molar-refractivity contribution in [2.45, 2.75) is 124 Å². The zero-order chi connectivity index (χ0) is 21.5. The molecule has 30 heavy (non-hydrogen) atoms. The number of aliphatic hydroxyl groups is 1. The van der Waals surface area contributed by atoms with Gasteiger partial charge in [-0.15, -0.1) is 0 Å². The molecular weight excluding hydrogens is 364 g/mol. The molecule has 0 aromatic carbocycles. The summed E-state index contributed by atoms with van der Waals surface area (Å²) < 4.78 is 0. The first-order chi connectivity index (χ1) is 14.3. The summed E-state index contributed by atoms with van der Waals surface area (Å²) in [4.78, 5) is 0. The summed E-state index contributed by atoms with van der Waals surface area (Å²) in [6.07, 6.45) is 20.0. The maximum absolute atomic E-state index is 10.2. The molecule has 3 saturated carbocycles. The molecule has 1 nitrogen and oxygen atoms in total. The van der Waals surface area contributed by atoms with E-state index >= 15 is 0 Å². The molecule has 1 N–H and O–H groups in total. The van der Waals surface area contributed by atoms with Gasteiger partial charge >= 0.3 is 0 Å². The molecule has 4 aliphatic rings. The van der Waals surface area contributed by atoms with Crippen LogP contribution in [0.2, 0.25) is 0 Å². The third-order valence-electron chi connectivity index (χ3n) is 11.0. The van der Waals surface area contributed by atoms with Crippen LogP contribution < -0.4 is 0 Å². The lowest BCUT2D eigenvalue weighted by atomic mass is 9.47. The van der Waals surface area contributed by atoms with Crippen LogP contribution in [0.1, 0.15) is 118 Å². The first-order valence-electron chi connectivity index (χ1n) is 13.7. The minimum Gasteiger partial charge on any atom is -0.393 e. The summed E-state index contributed by atoms with van der Waals surface area (Å²) in [7, 11) is 0. The molecule has 0 amide bonds. The van der Waals surface area contributed by atoms with E-state index in [1.165, 1.54) is 70.6 Å². The fourth-order valence-electron chi connectivity index (χ4n) is 9.24. The number of allylic oxidation sites excluding steroid dienone is 1. The molecule has 2 unspecified atom stereocenters. The molecule has 0 spiro atoms. The zero-order valence-electron chi connectivity index (χ0n) is 20.8. The fourth-order valence-corrected chi connectivity index (χ4v) is 9.24. The van der Waals surface area contributed by atoms with Crippen molar-refractivity contribution in [1.82, 2.24) is 0 Å². The number of hydrogen-bond acceptors (Lipinski definition) is 1. The Hall–Kier alpha value is -0.300. The number of fused-ring (bicyclic) bond motifs is 5. The third kappa shape index (κ3) is 3.95. The molecular formula is C29H50O. The number of aliphatic hydroxyl groups excluding tert-OH is 1. The predicted molar refractivity (Wildman–Crippen MR) is 128 cm³/mol. The first-order valence-corrected chi connectivity index (χ1v) is 13.7. The monoisotopic (exact) mass is 414 g/mol. The van der Waals surface area contributed by atoms with E-state index in [-0.39, 0.29) is 6.10 Å². The molecule has 0 aromatic heterocycles. The molecule has 0 bridgehead atoms. The first kappa shape index (κ1) is 22.9. The number of hydrogen-bond donors (Lipinski definition) is 1. The topological polar surface area (TPSA) is 20.2 Å². The lowest BCUT2D eigenvalue weighted by Gasteiger charge is -2.58. The molecule has 172 valence electrons. The van der Waals surface area contributed by atoms with Gasteiger partial charge in [0.25, 0.3) is 0 Å². The minimum atomic E-state index is -0.0773. The predicted octanol–water partition coefficient (Wildman–Crippen LogP) is 8.17. The highest BCUT2D eigenvalue weighted by atomic mass is 16.3. The van der Waals surface area contributed by atoms with E-state index in [9.17, 15) is 5.11 Å². The van der Waals surface area contributed by atoms with Gasteiger partial charge in [-0.1, -0.05) is 78.4 Å². The lowest BCUT2D eigenvalue weighted by Crippen LogP contribution is -2.50. The second kappa shape index (κ2) is 8.92. The van der Waals surface area contributed by atoms with Crippen LogP contribution in [0.25, 0.3) is 0 Å². The molecule has 1 heteroatoms. The van der Waals surface area contributed by atoms with Crippen LogP contribution in [0.15, 0.2) is 11.6 Å². The summed E-state index contributed by atoms with van der Waals surface area (Å²) in [5.74, 6) is 5.52. The molecule has 0 aliphatic heterocycles. The van der Waals surface area contributed by atoms with E-state index in [0.29, 0.717) is 10.8 Å². The van der Waals surface area contributed by atoms with Gasteiger partial charge in [0.1, 0.15) is 0 Å². The van der Waals surface area contributed by atoms with E-state index in [1.54, 1.807) is 5.57 Å². The third-order valence-corrected chi connectivity index (χ3v) is 11.0. The summed E-state index contributed by atoms with van der Waals surface area (Å²) in [5, 5.41) is 10.2. The van der Waals surface area contributed by atoms with E-state index in [1.807, 2.05) is 0 Å². The van der Waals surface area contributed by atoms with Crippen LogP contribution in [-0.2, 0) is 0 Å². The molecule has 0 radical (unpaired) electrons. The Bertz CT molecular complexity index is 622. The maximum Gasteiger partial charge on any atom is 0.0577 e. The minimum absolute atomic E-state index is 0.0773. The van der Waals surface area contributed by atoms with E-state index in [4.69, 9.17) is 0 Å². The maximum atomic E-state index is 10.2. The number of rotatable bonds is 7. The molecule has 4 rings (SSSR count). The Labute approximate surface area is 187 Å². The summed E-state index contributed by atoms with van der Waals surface area (Å²) in [6.45, 7) is 12.6. The van der Waals surface area contributed by atoms with Crippen molar-refractivity contribution in [3.8, 4) is 0 Å². The van der Waals surface area contributed by atoms with Gasteiger partial charge in [0.2, 0.25) is 0 Å². The summed E-state index contributed by atoms with van der Waals surface area (Å²) >= 11 is 0. The van der Waals surface area contributed by atoms with Crippen molar-refractivity contribution in [3.05, 3.63) is 11.6 Å². The highest BCUT2D eigenvalue weighted by Crippen LogP contribution is 2.67. The van der Waals surface area contributed by atoms with E-state index in [2.05, 4.69) is 40.7 Å². The second-order valence-corrected chi connectivity index (χ2v) is 12.7. The summed E-state index contributed by atoms with van der Waals surface area (Å²) in [6, 6.07) is 0. The Morgan fingerprint density at radius 1 is 1.00 bits per heavy atom. The van der Waals surface area contributed by atoms with E-state index in [0.717, 1.165) is 48.3 Å². The molecule has 0 heterocycles. The molecule has 0 aromatic rings. The van der Waals surface area contributed by atoms with Crippen molar-refractivity contribution in [3.63, 3.8) is 0 Å². The van der Waals surface area contributed by atoms with Gasteiger partial charge in [-0.2, -0.15) is 0 Å². The zero-order valence-corrected chi connectivity index (χ0v) is 20.8. The summed E-state index contributed by atoms with van der Waals surface area (Å²) in [5.41, 5.74) is 2.60. The fraction of sp³-hybridized carbons (Fsp3) is 0.931. The van der Waals surface area contributed by atoms with Gasteiger partial charge in [0, 0.05) is 0 Å². The van der Waals surface area contributed by atoms with Crippen LogP contribution in [0.4, 0.5) is 0 Å². The molecule has 0 saturated heterocycles. The standard InChI is InChI=1S/C29H50O/c1-6-8-20(2)9-7-10-21(3)25-13-14-26-24-12-11-22-19-23(30)15-17-28(22,4)27(24)16-18-29(25,26)5/h11,20-21,23-27,30H,6-10,12-19H2,1-5H3/t20?,21-,23?,24+,25-,26+,27+,28+,29-/m1/s1. The normalized spacial score (nSPS) is 45.1. The van der Waals surface area contributed by atoms with Crippen LogP contribution in [-0.4, -0.2) is 11.2 Å². The van der Waals surface area contributed by atoms with Gasteiger partial charge in [0.05, 0.1) is 6.10 Å². The van der Waals surface area contributed by atoms with Gasteiger partial charge in [-0.25, -0.2) is 0 Å². The van der Waals surface area contributed by atoms with Crippen LogP contribution in [0, 0.1) is 46.3 Å². The Morgan fingerprint density at radius 3 is 2.57 bits per heavy atom. The van der Waals surface area contributed by atoms with Crippen LogP contribution >= 0.6 is 0 Å². The van der Waals surface area contributed by atoms with Crippen molar-refractivity contribution >= 4 is 0 Å². The van der Waals surface area contributed by atoms with Gasteiger partial charge in [0.15, 0.2) is 0 Å². The highest BCUT2D eigenvalue weighted by Gasteiger charge is 2.59. The van der Waals surface area contributed by atoms with E-state index < -0.39 is 0 Å². The largest absolute Gasteiger partial charge is 0.393 e. The van der Waals surface area contributed by atoms with Crippen molar-refractivity contribution < 1.29 is 5.11 Å². The SMILES string of the molecule is CCCC(C)CCC[C@@H](C)[C@H]1CC[C@H]2[C@@H]3CC=C4CC(O)CC[C@]4(C)[C@H]3CC[C@]12C. The van der Waals surface area contributed by atoms with Gasteiger partial charge < -0.3 is 5.11 Å². The Balaban J connectivity index is 1.42. The van der Waals surface area contributed by atoms with Gasteiger partial charge in [-0.3, -0.25) is 0 Å². The Kier molecular flexibility index (Phi) is 6.80. The average Bonchev–Trinajstić information content (AvgIpc) is 3.06.